The summed E-state index contributed by atoms with van der Waals surface area (Å²) in [7, 11) is 0. The van der Waals surface area contributed by atoms with E-state index in [0.717, 1.165) is 5.56 Å². The van der Waals surface area contributed by atoms with Gasteiger partial charge in [0.2, 0.25) is 0 Å². The predicted molar refractivity (Wildman–Crippen MR) is 60.8 cm³/mol. The van der Waals surface area contributed by atoms with Crippen molar-refractivity contribution < 1.29 is 9.53 Å². The van der Waals surface area contributed by atoms with Crippen molar-refractivity contribution >= 4 is 11.8 Å². The van der Waals surface area contributed by atoms with Gasteiger partial charge in [0.15, 0.2) is 0 Å². The molecular weight excluding hydrogens is 190 g/mol. The monoisotopic (exact) mass is 206 g/mol. The fourth-order valence-corrected chi connectivity index (χ4v) is 1.06. The zero-order valence-electron chi connectivity index (χ0n) is 9.33. The van der Waals surface area contributed by atoms with Crippen molar-refractivity contribution in [1.82, 2.24) is 0 Å². The van der Waals surface area contributed by atoms with E-state index in [1.165, 1.54) is 0 Å². The van der Waals surface area contributed by atoms with Gasteiger partial charge < -0.3 is 4.74 Å². The Morgan fingerprint density at radius 3 is 2.47 bits per heavy atom. The van der Waals surface area contributed by atoms with Crippen molar-refractivity contribution in [3.8, 4) is 0 Å². The zero-order chi connectivity index (χ0) is 11.5. The van der Waals surface area contributed by atoms with E-state index in [2.05, 4.69) is 12.2 Å². The third-order valence-corrected chi connectivity index (χ3v) is 1.65. The second-order valence-electron chi connectivity index (χ2n) is 4.28. The van der Waals surface area contributed by atoms with Crippen LogP contribution in [0.4, 0.5) is 10.5 Å². The highest BCUT2D eigenvalue weighted by Gasteiger charge is 2.16. The van der Waals surface area contributed by atoms with Crippen LogP contribution in [0.2, 0.25) is 0 Å². The summed E-state index contributed by atoms with van der Waals surface area (Å²) >= 11 is 0. The quantitative estimate of drug-likeness (QED) is 0.766. The number of hydrogen-bond acceptors (Lipinski definition) is 2. The molecule has 0 saturated heterocycles. The van der Waals surface area contributed by atoms with Crippen LogP contribution in [-0.2, 0) is 4.74 Å². The van der Waals surface area contributed by atoms with E-state index in [1.54, 1.807) is 6.07 Å². The number of benzene rings is 1. The van der Waals surface area contributed by atoms with E-state index in [0.29, 0.717) is 5.69 Å². The second-order valence-corrected chi connectivity index (χ2v) is 4.28. The fourth-order valence-electron chi connectivity index (χ4n) is 1.06. The Labute approximate surface area is 90.4 Å². The van der Waals surface area contributed by atoms with Crippen molar-refractivity contribution in [3.05, 3.63) is 36.8 Å². The van der Waals surface area contributed by atoms with Gasteiger partial charge in [-0.1, -0.05) is 18.2 Å². The molecule has 0 aliphatic heterocycles. The molecule has 1 rings (SSSR count). The normalized spacial score (nSPS) is 10.9. The zero-order valence-corrected chi connectivity index (χ0v) is 9.33. The number of anilines is 1. The van der Waals surface area contributed by atoms with Gasteiger partial charge in [-0.2, -0.15) is 0 Å². The second kappa shape index (κ2) is 4.34. The first-order chi connectivity index (χ1) is 6.88. The Balaban J connectivity index is 2.64. The lowest BCUT2D eigenvalue weighted by Crippen LogP contribution is -2.27. The molecule has 0 bridgehead atoms. The average Bonchev–Trinajstić information content (AvgIpc) is 2.05. The molecule has 0 fully saturated rings. The number of hydrogen-bond donors (Lipinski definition) is 1. The summed E-state index contributed by atoms with van der Waals surface area (Å²) in [6, 6.07) is 7.31. The molecule has 0 atom stereocenters. The molecule has 0 spiro atoms. The summed E-state index contributed by atoms with van der Waals surface area (Å²) in [6.07, 6.45) is -0.460. The molecule has 3 heteroatoms. The molecule has 15 heavy (non-hydrogen) atoms. The van der Waals surface area contributed by atoms with Crippen molar-refractivity contribution in [1.29, 1.82) is 0 Å². The molecule has 0 unspecified atom stereocenters. The molecule has 0 aromatic heterocycles. The van der Waals surface area contributed by atoms with Gasteiger partial charge in [0.05, 0.1) is 0 Å². The number of amides is 1. The summed E-state index contributed by atoms with van der Waals surface area (Å²) in [5, 5.41) is 2.64. The third kappa shape index (κ3) is 4.02. The van der Waals surface area contributed by atoms with Crippen LogP contribution in [0.25, 0.3) is 0 Å². The molecule has 1 aromatic rings. The molecule has 1 N–H and O–H groups in total. The number of rotatable bonds is 1. The lowest BCUT2D eigenvalue weighted by molar-refractivity contribution is 0.0636. The summed E-state index contributed by atoms with van der Waals surface area (Å²) in [6.45, 7) is 9.27. The fraction of sp³-hybridized carbons (Fsp3) is 0.333. The predicted octanol–water partition coefficient (Wildman–Crippen LogP) is 3.22. The Morgan fingerprint density at radius 1 is 1.33 bits per heavy atom. The lowest BCUT2D eigenvalue weighted by atomic mass is 10.2. The van der Waals surface area contributed by atoms with Crippen molar-refractivity contribution in [2.24, 2.45) is 0 Å². The highest BCUT2D eigenvalue weighted by molar-refractivity contribution is 5.86. The van der Waals surface area contributed by atoms with E-state index in [1.807, 2.05) is 39.0 Å². The number of nitrogens with one attached hydrogen (secondary N) is 1. The Morgan fingerprint density at radius 2 is 1.93 bits per heavy atom. The largest absolute Gasteiger partial charge is 0.444 e. The Kier molecular flexibility index (Phi) is 3.35. The van der Waals surface area contributed by atoms with Crippen LogP contribution in [-0.4, -0.2) is 11.7 Å². The molecule has 0 heterocycles. The van der Waals surface area contributed by atoms with E-state index in [4.69, 9.17) is 4.74 Å². The highest BCUT2D eigenvalue weighted by Crippen LogP contribution is 2.15. The SMILES string of the molecule is [CH2]c1ccccc1NC(=O)OC(C)(C)C. The molecule has 1 aromatic carbocycles. The first-order valence-electron chi connectivity index (χ1n) is 4.79. The number of ether oxygens (including phenoxy) is 1. The van der Waals surface area contributed by atoms with E-state index >= 15 is 0 Å². The van der Waals surface area contributed by atoms with Gasteiger partial charge in [0.1, 0.15) is 5.60 Å². The Bertz CT molecular complexity index is 353. The number of para-hydroxylation sites is 1. The first-order valence-corrected chi connectivity index (χ1v) is 4.79. The van der Waals surface area contributed by atoms with Gasteiger partial charge in [-0.25, -0.2) is 4.79 Å². The van der Waals surface area contributed by atoms with Gasteiger partial charge in [0.25, 0.3) is 0 Å². The smallest absolute Gasteiger partial charge is 0.412 e. The van der Waals surface area contributed by atoms with Crippen LogP contribution in [0.1, 0.15) is 26.3 Å². The van der Waals surface area contributed by atoms with Crippen LogP contribution in [0.3, 0.4) is 0 Å². The van der Waals surface area contributed by atoms with Crippen LogP contribution in [0.15, 0.2) is 24.3 Å². The maximum Gasteiger partial charge on any atom is 0.412 e. The van der Waals surface area contributed by atoms with Crippen LogP contribution in [0, 0.1) is 6.92 Å². The average molecular weight is 206 g/mol. The van der Waals surface area contributed by atoms with Crippen LogP contribution in [0.5, 0.6) is 0 Å². The van der Waals surface area contributed by atoms with Crippen molar-refractivity contribution in [2.45, 2.75) is 26.4 Å². The molecule has 1 amide bonds. The minimum atomic E-state index is -0.486. The van der Waals surface area contributed by atoms with E-state index < -0.39 is 11.7 Å². The molecule has 0 saturated carbocycles. The summed E-state index contributed by atoms with van der Waals surface area (Å²) in [5.74, 6) is 0. The van der Waals surface area contributed by atoms with Gasteiger partial charge >= 0.3 is 6.09 Å². The van der Waals surface area contributed by atoms with Gasteiger partial charge in [-0.3, -0.25) is 5.32 Å². The van der Waals surface area contributed by atoms with Gasteiger partial charge in [0, 0.05) is 5.69 Å². The molecular formula is C12H16NO2. The molecule has 0 aliphatic carbocycles. The standard InChI is InChI=1S/C12H16NO2/c1-9-7-5-6-8-10(9)13-11(14)15-12(2,3)4/h5-8H,1H2,2-4H3,(H,13,14). The van der Waals surface area contributed by atoms with Gasteiger partial charge in [-0.05, 0) is 39.3 Å². The van der Waals surface area contributed by atoms with Crippen LogP contribution < -0.4 is 5.32 Å². The lowest BCUT2D eigenvalue weighted by Gasteiger charge is -2.20. The van der Waals surface area contributed by atoms with Crippen molar-refractivity contribution in [3.63, 3.8) is 0 Å². The van der Waals surface area contributed by atoms with Gasteiger partial charge in [-0.15, -0.1) is 0 Å². The molecule has 1 radical (unpaired) electrons. The summed E-state index contributed by atoms with van der Waals surface area (Å²) < 4.78 is 5.12. The maximum atomic E-state index is 11.4. The maximum absolute atomic E-state index is 11.4. The summed E-state index contributed by atoms with van der Waals surface area (Å²) in [4.78, 5) is 11.4. The molecule has 0 aliphatic rings. The molecule has 3 nitrogen and oxygen atoms in total. The topological polar surface area (TPSA) is 38.3 Å². The summed E-state index contributed by atoms with van der Waals surface area (Å²) in [5.41, 5.74) is 0.954. The number of carbonyl (C=O) groups excluding carboxylic acids is 1. The number of carbonyl (C=O) groups is 1. The van der Waals surface area contributed by atoms with Crippen molar-refractivity contribution in [2.75, 3.05) is 5.32 Å². The van der Waals surface area contributed by atoms with Crippen LogP contribution >= 0.6 is 0 Å². The van der Waals surface area contributed by atoms with E-state index in [-0.39, 0.29) is 0 Å². The third-order valence-electron chi connectivity index (χ3n) is 1.65. The highest BCUT2D eigenvalue weighted by atomic mass is 16.6. The minimum Gasteiger partial charge on any atom is -0.444 e. The first kappa shape index (κ1) is 11.6. The van der Waals surface area contributed by atoms with E-state index in [9.17, 15) is 4.79 Å². The molecule has 81 valence electrons. The Hall–Kier alpha value is -1.51. The minimum absolute atomic E-state index is 0.460.